The molecular formula is C35H49N5O6. The lowest BCUT2D eigenvalue weighted by molar-refractivity contribution is -0.142. The highest BCUT2D eigenvalue weighted by molar-refractivity contribution is 5.95. The van der Waals surface area contributed by atoms with Crippen LogP contribution in [0.5, 0.6) is 5.75 Å². The van der Waals surface area contributed by atoms with E-state index in [1.807, 2.05) is 77.1 Å². The second-order valence-electron chi connectivity index (χ2n) is 13.2. The SMILES string of the molecule is CC(C)C1NC(=O)C(Cc2ccc(OC(C)(C)C)cc2)NC(=O)[C@H](C)N(C)C(=O)[C@H](Cc2ccccc2)NC(=O)CCCNC1=O. The molecule has 0 saturated carbocycles. The summed E-state index contributed by atoms with van der Waals surface area (Å²) in [5.74, 6) is -1.82. The summed E-state index contributed by atoms with van der Waals surface area (Å²) < 4.78 is 5.91. The number of rotatable bonds is 6. The minimum Gasteiger partial charge on any atom is -0.488 e. The maximum Gasteiger partial charge on any atom is 0.245 e. The molecule has 2 aromatic carbocycles. The first-order valence-corrected chi connectivity index (χ1v) is 15.9. The van der Waals surface area contributed by atoms with Crippen molar-refractivity contribution < 1.29 is 28.7 Å². The highest BCUT2D eigenvalue weighted by Gasteiger charge is 2.33. The lowest BCUT2D eigenvalue weighted by Gasteiger charge is -2.30. The molecule has 0 spiro atoms. The Morgan fingerprint density at radius 2 is 1.41 bits per heavy atom. The molecule has 2 unspecified atom stereocenters. The molecule has 11 heteroatoms. The van der Waals surface area contributed by atoms with Crippen LogP contribution in [0.3, 0.4) is 0 Å². The van der Waals surface area contributed by atoms with Gasteiger partial charge in [-0.3, -0.25) is 24.0 Å². The van der Waals surface area contributed by atoms with Gasteiger partial charge < -0.3 is 30.9 Å². The zero-order chi connectivity index (χ0) is 34.0. The Bertz CT molecular complexity index is 1360. The van der Waals surface area contributed by atoms with Crippen molar-refractivity contribution in [3.05, 3.63) is 65.7 Å². The summed E-state index contributed by atoms with van der Waals surface area (Å²) in [7, 11) is 1.51. The Balaban J connectivity index is 1.92. The molecule has 3 rings (SSSR count). The van der Waals surface area contributed by atoms with Gasteiger partial charge in [-0.25, -0.2) is 0 Å². The fourth-order valence-corrected chi connectivity index (χ4v) is 5.07. The lowest BCUT2D eigenvalue weighted by Crippen LogP contribution is -2.59. The number of benzene rings is 2. The van der Waals surface area contributed by atoms with E-state index < -0.39 is 41.9 Å². The van der Waals surface area contributed by atoms with E-state index in [2.05, 4.69) is 21.3 Å². The normalized spacial score (nSPS) is 22.8. The summed E-state index contributed by atoms with van der Waals surface area (Å²) in [4.78, 5) is 68.3. The van der Waals surface area contributed by atoms with Crippen LogP contribution in [0.1, 0.15) is 65.5 Å². The summed E-state index contributed by atoms with van der Waals surface area (Å²) in [5, 5.41) is 11.3. The molecule has 250 valence electrons. The molecule has 4 atom stereocenters. The van der Waals surface area contributed by atoms with Gasteiger partial charge in [0.25, 0.3) is 0 Å². The van der Waals surface area contributed by atoms with E-state index >= 15 is 0 Å². The lowest BCUT2D eigenvalue weighted by atomic mass is 10.0. The minimum atomic E-state index is -1.04. The molecule has 1 fully saturated rings. The van der Waals surface area contributed by atoms with Gasteiger partial charge in [-0.1, -0.05) is 56.3 Å². The van der Waals surface area contributed by atoms with Gasteiger partial charge in [0.15, 0.2) is 0 Å². The van der Waals surface area contributed by atoms with Crippen LogP contribution in [0.15, 0.2) is 54.6 Å². The van der Waals surface area contributed by atoms with Crippen LogP contribution in [-0.2, 0) is 36.8 Å². The number of hydrogen-bond donors (Lipinski definition) is 4. The van der Waals surface area contributed by atoms with Crippen molar-refractivity contribution in [3.8, 4) is 5.75 Å². The first-order valence-electron chi connectivity index (χ1n) is 15.9. The molecule has 1 aliphatic rings. The average molecular weight is 636 g/mol. The van der Waals surface area contributed by atoms with E-state index in [0.717, 1.165) is 11.1 Å². The Kier molecular flexibility index (Phi) is 12.7. The topological polar surface area (TPSA) is 146 Å². The van der Waals surface area contributed by atoms with Crippen molar-refractivity contribution >= 4 is 29.5 Å². The highest BCUT2D eigenvalue weighted by Crippen LogP contribution is 2.19. The van der Waals surface area contributed by atoms with Crippen LogP contribution in [0.4, 0.5) is 0 Å². The number of amides is 5. The third kappa shape index (κ3) is 10.9. The first-order chi connectivity index (χ1) is 21.6. The molecule has 0 bridgehead atoms. The highest BCUT2D eigenvalue weighted by atomic mass is 16.5. The van der Waals surface area contributed by atoms with Gasteiger partial charge in [0.05, 0.1) is 0 Å². The number of nitrogens with one attached hydrogen (secondary N) is 4. The summed E-state index contributed by atoms with van der Waals surface area (Å²) in [6.45, 7) is 11.3. The minimum absolute atomic E-state index is 0.0823. The van der Waals surface area contributed by atoms with Crippen molar-refractivity contribution in [3.63, 3.8) is 0 Å². The van der Waals surface area contributed by atoms with Crippen molar-refractivity contribution in [1.29, 1.82) is 0 Å². The Morgan fingerprint density at radius 3 is 2.02 bits per heavy atom. The molecule has 1 saturated heterocycles. The second kappa shape index (κ2) is 16.2. The van der Waals surface area contributed by atoms with E-state index in [-0.39, 0.29) is 49.1 Å². The number of carbonyl (C=O) groups is 5. The van der Waals surface area contributed by atoms with E-state index in [1.165, 1.54) is 11.9 Å². The summed E-state index contributed by atoms with van der Waals surface area (Å²) in [6, 6.07) is 12.8. The van der Waals surface area contributed by atoms with Gasteiger partial charge >= 0.3 is 0 Å². The van der Waals surface area contributed by atoms with Crippen LogP contribution in [0.2, 0.25) is 0 Å². The summed E-state index contributed by atoms with van der Waals surface area (Å²) in [5.41, 5.74) is 1.23. The maximum absolute atomic E-state index is 13.7. The van der Waals surface area contributed by atoms with Crippen LogP contribution in [0, 0.1) is 5.92 Å². The Labute approximate surface area is 272 Å². The fourth-order valence-electron chi connectivity index (χ4n) is 5.07. The molecule has 0 radical (unpaired) electrons. The third-order valence-corrected chi connectivity index (χ3v) is 7.77. The molecule has 5 amide bonds. The molecule has 46 heavy (non-hydrogen) atoms. The molecule has 0 aliphatic carbocycles. The smallest absolute Gasteiger partial charge is 0.245 e. The summed E-state index contributed by atoms with van der Waals surface area (Å²) in [6.07, 6.45) is 0.791. The van der Waals surface area contributed by atoms with Gasteiger partial charge in [0.2, 0.25) is 29.5 Å². The van der Waals surface area contributed by atoms with E-state index in [4.69, 9.17) is 4.74 Å². The number of nitrogens with zero attached hydrogens (tertiary/aromatic N) is 1. The van der Waals surface area contributed by atoms with E-state index in [0.29, 0.717) is 12.2 Å². The van der Waals surface area contributed by atoms with Crippen LogP contribution in [-0.4, -0.2) is 77.8 Å². The Morgan fingerprint density at radius 1 is 0.804 bits per heavy atom. The second-order valence-corrected chi connectivity index (χ2v) is 13.2. The van der Waals surface area contributed by atoms with E-state index in [1.54, 1.807) is 19.1 Å². The molecule has 1 aliphatic heterocycles. The molecule has 11 nitrogen and oxygen atoms in total. The number of ether oxygens (including phenoxy) is 1. The molecular weight excluding hydrogens is 586 g/mol. The van der Waals surface area contributed by atoms with Crippen molar-refractivity contribution in [2.24, 2.45) is 5.92 Å². The van der Waals surface area contributed by atoms with Gasteiger partial charge in [-0.05, 0) is 63.3 Å². The van der Waals surface area contributed by atoms with Gasteiger partial charge in [-0.2, -0.15) is 0 Å². The monoisotopic (exact) mass is 635 g/mol. The fraction of sp³-hybridized carbons (Fsp3) is 0.514. The predicted molar refractivity (Wildman–Crippen MR) is 176 cm³/mol. The number of carbonyl (C=O) groups excluding carboxylic acids is 5. The van der Waals surface area contributed by atoms with Crippen LogP contribution >= 0.6 is 0 Å². The molecule has 4 N–H and O–H groups in total. The largest absolute Gasteiger partial charge is 0.488 e. The zero-order valence-corrected chi connectivity index (χ0v) is 28.0. The van der Waals surface area contributed by atoms with Gasteiger partial charge in [0, 0.05) is 32.9 Å². The maximum atomic E-state index is 13.7. The number of hydrogen-bond acceptors (Lipinski definition) is 6. The molecule has 1 heterocycles. The standard InChI is InChI=1S/C35H49N5O6/c1-22(2)30-33(44)36-19-11-14-29(41)37-28(21-24-12-9-8-10-13-24)34(45)40(7)23(3)31(42)38-27(32(43)39-30)20-25-15-17-26(18-16-25)46-35(4,5)6/h8-10,12-13,15-18,22-23,27-28,30H,11,14,19-21H2,1-7H3,(H,36,44)(H,37,41)(H,38,42)(H,39,43)/t23-,27?,28-,30?/m0/s1. The quantitative estimate of drug-likeness (QED) is 0.384. The molecule has 2 aromatic rings. The third-order valence-electron chi connectivity index (χ3n) is 7.77. The van der Waals surface area contributed by atoms with E-state index in [9.17, 15) is 24.0 Å². The Hall–Kier alpha value is -4.41. The summed E-state index contributed by atoms with van der Waals surface area (Å²) >= 11 is 0. The van der Waals surface area contributed by atoms with Crippen molar-refractivity contribution in [2.45, 2.75) is 97.0 Å². The molecule has 0 aromatic heterocycles. The van der Waals surface area contributed by atoms with Crippen molar-refractivity contribution in [1.82, 2.24) is 26.2 Å². The number of likely N-dealkylation sites (N-methyl/N-ethyl adjacent to an activating group) is 1. The average Bonchev–Trinajstić information content (AvgIpc) is 3.00. The van der Waals surface area contributed by atoms with Crippen LogP contribution in [0.25, 0.3) is 0 Å². The zero-order valence-electron chi connectivity index (χ0n) is 28.0. The van der Waals surface area contributed by atoms with Gasteiger partial charge in [0.1, 0.15) is 35.5 Å². The van der Waals surface area contributed by atoms with Crippen molar-refractivity contribution in [2.75, 3.05) is 13.6 Å². The predicted octanol–water partition coefficient (Wildman–Crippen LogP) is 2.52. The van der Waals surface area contributed by atoms with Crippen LogP contribution < -0.4 is 26.0 Å². The van der Waals surface area contributed by atoms with Gasteiger partial charge in [-0.15, -0.1) is 0 Å². The first kappa shape index (κ1) is 36.1.